The molecule has 100 valence electrons. The Labute approximate surface area is 112 Å². The number of amides is 1. The first-order valence-corrected chi connectivity index (χ1v) is 6.87. The van der Waals surface area contributed by atoms with Gasteiger partial charge in [0.05, 0.1) is 5.56 Å². The molecule has 0 N–H and O–H groups in total. The third-order valence-electron chi connectivity index (χ3n) is 3.25. The molecule has 0 atom stereocenters. The number of hydrogen-bond acceptors (Lipinski definition) is 3. The molecule has 2 heterocycles. The van der Waals surface area contributed by atoms with Gasteiger partial charge in [-0.15, -0.1) is 11.6 Å². The predicted octanol–water partition coefficient (Wildman–Crippen LogP) is 1.97. The van der Waals surface area contributed by atoms with E-state index in [0.717, 1.165) is 44.9 Å². The molecule has 1 amide bonds. The van der Waals surface area contributed by atoms with Gasteiger partial charge in [-0.1, -0.05) is 0 Å². The normalized spacial score (nSPS) is 17.8. The van der Waals surface area contributed by atoms with Crippen LogP contribution in [0.3, 0.4) is 0 Å². The summed E-state index contributed by atoms with van der Waals surface area (Å²) in [4.78, 5) is 16.5. The fourth-order valence-corrected chi connectivity index (χ4v) is 2.49. The average molecular weight is 271 g/mol. The molecule has 1 aromatic heterocycles. The molecule has 18 heavy (non-hydrogen) atoms. The van der Waals surface area contributed by atoms with E-state index in [2.05, 4.69) is 4.90 Å². The van der Waals surface area contributed by atoms with Gasteiger partial charge in [0, 0.05) is 32.1 Å². The maximum Gasteiger partial charge on any atom is 0.257 e. The molecule has 0 aromatic carbocycles. The minimum atomic E-state index is 0.0690. The lowest BCUT2D eigenvalue weighted by Gasteiger charge is -2.20. The molecular formula is C13H19ClN2O2. The van der Waals surface area contributed by atoms with E-state index in [4.69, 9.17) is 16.0 Å². The topological polar surface area (TPSA) is 36.7 Å². The Morgan fingerprint density at radius 3 is 2.89 bits per heavy atom. The smallest absolute Gasteiger partial charge is 0.257 e. The number of alkyl halides is 1. The number of aryl methyl sites for hydroxylation is 1. The number of furan rings is 1. The van der Waals surface area contributed by atoms with Crippen LogP contribution >= 0.6 is 11.6 Å². The molecule has 0 aliphatic carbocycles. The van der Waals surface area contributed by atoms with Gasteiger partial charge in [0.1, 0.15) is 12.0 Å². The molecule has 1 fully saturated rings. The fraction of sp³-hybridized carbons (Fsp3) is 0.615. The van der Waals surface area contributed by atoms with E-state index in [-0.39, 0.29) is 5.91 Å². The summed E-state index contributed by atoms with van der Waals surface area (Å²) in [6.45, 7) is 6.23. The molecule has 4 nitrogen and oxygen atoms in total. The number of carbonyl (C=O) groups is 1. The van der Waals surface area contributed by atoms with Crippen LogP contribution in [0.1, 0.15) is 22.5 Å². The Morgan fingerprint density at radius 1 is 1.39 bits per heavy atom. The third-order valence-corrected chi connectivity index (χ3v) is 3.42. The largest absolute Gasteiger partial charge is 0.469 e. The SMILES string of the molecule is Cc1cc(C(=O)N2CCCN(CCCl)CC2)co1. The lowest BCUT2D eigenvalue weighted by molar-refractivity contribution is 0.0761. The van der Waals surface area contributed by atoms with E-state index < -0.39 is 0 Å². The first kappa shape index (κ1) is 13.4. The Balaban J connectivity index is 1.95. The van der Waals surface area contributed by atoms with Gasteiger partial charge in [0.25, 0.3) is 5.91 Å². The molecule has 1 aromatic rings. The van der Waals surface area contributed by atoms with E-state index in [1.807, 2.05) is 11.8 Å². The van der Waals surface area contributed by atoms with Crippen molar-refractivity contribution in [3.05, 3.63) is 23.7 Å². The van der Waals surface area contributed by atoms with Gasteiger partial charge < -0.3 is 14.2 Å². The molecule has 1 aliphatic heterocycles. The van der Waals surface area contributed by atoms with Gasteiger partial charge in [-0.3, -0.25) is 4.79 Å². The van der Waals surface area contributed by atoms with Crippen LogP contribution in [-0.2, 0) is 0 Å². The quantitative estimate of drug-likeness (QED) is 0.788. The van der Waals surface area contributed by atoms with E-state index >= 15 is 0 Å². The van der Waals surface area contributed by atoms with Gasteiger partial charge >= 0.3 is 0 Å². The second kappa shape index (κ2) is 6.25. The molecular weight excluding hydrogens is 252 g/mol. The molecule has 2 rings (SSSR count). The van der Waals surface area contributed by atoms with Crippen LogP contribution in [0.4, 0.5) is 0 Å². The first-order chi connectivity index (χ1) is 8.70. The highest BCUT2D eigenvalue weighted by atomic mass is 35.5. The monoisotopic (exact) mass is 270 g/mol. The third kappa shape index (κ3) is 3.27. The Hall–Kier alpha value is -1.00. The zero-order valence-corrected chi connectivity index (χ0v) is 11.4. The van der Waals surface area contributed by atoms with Gasteiger partial charge in [0.15, 0.2) is 0 Å². The van der Waals surface area contributed by atoms with E-state index in [9.17, 15) is 4.79 Å². The number of carbonyl (C=O) groups excluding carboxylic acids is 1. The van der Waals surface area contributed by atoms with Gasteiger partial charge in [-0.25, -0.2) is 0 Å². The van der Waals surface area contributed by atoms with Crippen LogP contribution < -0.4 is 0 Å². The van der Waals surface area contributed by atoms with Crippen molar-refractivity contribution >= 4 is 17.5 Å². The zero-order valence-electron chi connectivity index (χ0n) is 10.7. The number of halogens is 1. The van der Waals surface area contributed by atoms with E-state index in [1.165, 1.54) is 0 Å². The number of hydrogen-bond donors (Lipinski definition) is 0. The van der Waals surface area contributed by atoms with Crippen LogP contribution in [-0.4, -0.2) is 54.3 Å². The van der Waals surface area contributed by atoms with Crippen molar-refractivity contribution in [2.24, 2.45) is 0 Å². The maximum absolute atomic E-state index is 12.3. The summed E-state index contributed by atoms with van der Waals surface area (Å²) in [5, 5.41) is 0. The summed E-state index contributed by atoms with van der Waals surface area (Å²) >= 11 is 5.75. The number of nitrogens with zero attached hydrogens (tertiary/aromatic N) is 2. The molecule has 0 saturated carbocycles. The van der Waals surface area contributed by atoms with Gasteiger partial charge in [0.2, 0.25) is 0 Å². The molecule has 1 aliphatic rings. The van der Waals surface area contributed by atoms with E-state index in [0.29, 0.717) is 11.4 Å². The molecule has 0 radical (unpaired) electrons. The van der Waals surface area contributed by atoms with Gasteiger partial charge in [-0.05, 0) is 26.0 Å². The lowest BCUT2D eigenvalue weighted by Crippen LogP contribution is -2.35. The minimum absolute atomic E-state index is 0.0690. The van der Waals surface area contributed by atoms with Crippen molar-refractivity contribution in [1.29, 1.82) is 0 Å². The van der Waals surface area contributed by atoms with Crippen molar-refractivity contribution < 1.29 is 9.21 Å². The van der Waals surface area contributed by atoms with Crippen LogP contribution in [0.5, 0.6) is 0 Å². The summed E-state index contributed by atoms with van der Waals surface area (Å²) in [5.41, 5.74) is 0.651. The summed E-state index contributed by atoms with van der Waals surface area (Å²) < 4.78 is 5.19. The highest BCUT2D eigenvalue weighted by molar-refractivity contribution is 6.18. The summed E-state index contributed by atoms with van der Waals surface area (Å²) in [5.74, 6) is 1.49. The van der Waals surface area contributed by atoms with Crippen LogP contribution in [0, 0.1) is 6.92 Å². The summed E-state index contributed by atoms with van der Waals surface area (Å²) in [7, 11) is 0. The summed E-state index contributed by atoms with van der Waals surface area (Å²) in [6.07, 6.45) is 2.54. The molecule has 0 unspecified atom stereocenters. The molecule has 0 bridgehead atoms. The molecule has 5 heteroatoms. The van der Waals surface area contributed by atoms with Crippen LogP contribution in [0.15, 0.2) is 16.7 Å². The Morgan fingerprint density at radius 2 is 2.22 bits per heavy atom. The van der Waals surface area contributed by atoms with Crippen molar-refractivity contribution in [2.45, 2.75) is 13.3 Å². The average Bonchev–Trinajstić information content (AvgIpc) is 2.65. The van der Waals surface area contributed by atoms with E-state index in [1.54, 1.807) is 12.3 Å². The Bertz CT molecular complexity index is 405. The lowest BCUT2D eigenvalue weighted by atomic mass is 10.2. The number of rotatable bonds is 3. The highest BCUT2D eigenvalue weighted by Gasteiger charge is 2.20. The zero-order chi connectivity index (χ0) is 13.0. The Kier molecular flexibility index (Phi) is 4.66. The van der Waals surface area contributed by atoms with Crippen LogP contribution in [0.2, 0.25) is 0 Å². The molecule has 1 saturated heterocycles. The second-order valence-electron chi connectivity index (χ2n) is 4.62. The van der Waals surface area contributed by atoms with Crippen molar-refractivity contribution in [3.8, 4) is 0 Å². The van der Waals surface area contributed by atoms with Crippen molar-refractivity contribution in [2.75, 3.05) is 38.6 Å². The fourth-order valence-electron chi connectivity index (χ4n) is 2.26. The predicted molar refractivity (Wildman–Crippen MR) is 71.1 cm³/mol. The van der Waals surface area contributed by atoms with Gasteiger partial charge in [-0.2, -0.15) is 0 Å². The van der Waals surface area contributed by atoms with Crippen molar-refractivity contribution in [1.82, 2.24) is 9.80 Å². The standard InChI is InChI=1S/C13H19ClN2O2/c1-11-9-12(10-18-11)13(17)16-5-2-4-15(6-3-14)7-8-16/h9-10H,2-8H2,1H3. The first-order valence-electron chi connectivity index (χ1n) is 6.33. The second-order valence-corrected chi connectivity index (χ2v) is 5.00. The summed E-state index contributed by atoms with van der Waals surface area (Å²) in [6, 6.07) is 1.80. The highest BCUT2D eigenvalue weighted by Crippen LogP contribution is 2.12. The minimum Gasteiger partial charge on any atom is -0.469 e. The van der Waals surface area contributed by atoms with Crippen LogP contribution in [0.25, 0.3) is 0 Å². The van der Waals surface area contributed by atoms with Crippen molar-refractivity contribution in [3.63, 3.8) is 0 Å². The maximum atomic E-state index is 12.3. The molecule has 0 spiro atoms.